The lowest BCUT2D eigenvalue weighted by Gasteiger charge is -1.87. The molecule has 0 aliphatic carbocycles. The topological polar surface area (TPSA) is 43.8 Å². The lowest BCUT2D eigenvalue weighted by molar-refractivity contribution is 0.929. The van der Waals surface area contributed by atoms with Gasteiger partial charge in [-0.15, -0.1) is 12.4 Å². The number of nitrogen functional groups attached to an aromatic ring is 1. The number of nitrogens with two attached hydrogens (primary N) is 1. The van der Waals surface area contributed by atoms with E-state index in [2.05, 4.69) is 4.98 Å². The van der Waals surface area contributed by atoms with Gasteiger partial charge in [0.25, 0.3) is 0 Å². The van der Waals surface area contributed by atoms with E-state index < -0.39 is 0 Å². The van der Waals surface area contributed by atoms with Crippen LogP contribution in [0, 0.1) is 6.92 Å². The van der Waals surface area contributed by atoms with Gasteiger partial charge in [-0.1, -0.05) is 0 Å². The number of nitrogens with zero attached hydrogens (tertiary/aromatic N) is 2. The number of rotatable bonds is 0. The summed E-state index contributed by atoms with van der Waals surface area (Å²) in [6.45, 7) is 1.91. The van der Waals surface area contributed by atoms with Crippen molar-refractivity contribution in [3.63, 3.8) is 0 Å². The number of anilines is 1. The maximum absolute atomic E-state index is 5.39. The molecule has 0 saturated carbocycles. The van der Waals surface area contributed by atoms with E-state index in [-0.39, 0.29) is 12.4 Å². The molecule has 9 heavy (non-hydrogen) atoms. The highest BCUT2D eigenvalue weighted by atomic mass is 35.5. The number of hydrogen-bond acceptors (Lipinski definition) is 2. The minimum Gasteiger partial charge on any atom is -0.369 e. The molecule has 0 radical (unpaired) electrons. The summed E-state index contributed by atoms with van der Waals surface area (Å²) < 4.78 is 1.79. The highest BCUT2D eigenvalue weighted by molar-refractivity contribution is 5.85. The van der Waals surface area contributed by atoms with Gasteiger partial charge in [-0.25, -0.2) is 4.98 Å². The molecule has 0 spiro atoms. The number of halogens is 1. The zero-order valence-electron chi connectivity index (χ0n) is 5.46. The van der Waals surface area contributed by atoms with Gasteiger partial charge in [0.15, 0.2) is 5.95 Å². The van der Waals surface area contributed by atoms with Crippen molar-refractivity contribution in [3.05, 3.63) is 11.9 Å². The minimum atomic E-state index is 0. The summed E-state index contributed by atoms with van der Waals surface area (Å²) in [5, 5.41) is 0. The lowest BCUT2D eigenvalue weighted by atomic mass is 10.6. The summed E-state index contributed by atoms with van der Waals surface area (Å²) in [4.78, 5) is 3.95. The monoisotopic (exact) mass is 147 g/mol. The molecule has 0 unspecified atom stereocenters. The Morgan fingerprint density at radius 3 is 2.33 bits per heavy atom. The zero-order valence-corrected chi connectivity index (χ0v) is 6.27. The Bertz CT molecular complexity index is 175. The van der Waals surface area contributed by atoms with Gasteiger partial charge in [-0.3, -0.25) is 0 Å². The maximum Gasteiger partial charge on any atom is 0.200 e. The molecule has 0 fully saturated rings. The fourth-order valence-electron chi connectivity index (χ4n) is 0.635. The number of aromatic nitrogens is 2. The first-order valence-corrected chi connectivity index (χ1v) is 2.45. The number of imidazole rings is 1. The molecule has 0 bridgehead atoms. The lowest BCUT2D eigenvalue weighted by Crippen LogP contribution is -1.94. The molecule has 0 aliphatic heterocycles. The Hall–Kier alpha value is -0.700. The van der Waals surface area contributed by atoms with Crippen LogP contribution in [0.1, 0.15) is 5.69 Å². The van der Waals surface area contributed by atoms with Crippen LogP contribution in [0.25, 0.3) is 0 Å². The Morgan fingerprint density at radius 1 is 1.67 bits per heavy atom. The smallest absolute Gasteiger partial charge is 0.200 e. The largest absolute Gasteiger partial charge is 0.369 e. The predicted octanol–water partition coefficient (Wildman–Crippen LogP) is 0.733. The summed E-state index contributed by atoms with van der Waals surface area (Å²) in [7, 11) is 1.87. The second kappa shape index (κ2) is 2.73. The standard InChI is InChI=1S/C5H9N3.ClH/c1-4-3-8(2)5(6)7-4;/h3H,1-2H3,(H2,6,7);1H. The van der Waals surface area contributed by atoms with Crippen LogP contribution in [0.3, 0.4) is 0 Å². The molecule has 0 aromatic carbocycles. The van der Waals surface area contributed by atoms with Gasteiger partial charge in [-0.05, 0) is 6.92 Å². The van der Waals surface area contributed by atoms with E-state index in [1.54, 1.807) is 4.57 Å². The van der Waals surface area contributed by atoms with Crippen LogP contribution in [0.2, 0.25) is 0 Å². The van der Waals surface area contributed by atoms with E-state index in [4.69, 9.17) is 5.73 Å². The molecule has 0 atom stereocenters. The van der Waals surface area contributed by atoms with Crippen molar-refractivity contribution >= 4 is 18.4 Å². The van der Waals surface area contributed by atoms with Gasteiger partial charge in [0, 0.05) is 13.2 Å². The molecule has 1 rings (SSSR count). The Labute approximate surface area is 60.3 Å². The molecule has 3 nitrogen and oxygen atoms in total. The first-order valence-electron chi connectivity index (χ1n) is 2.45. The zero-order chi connectivity index (χ0) is 6.15. The molecule has 1 aromatic heterocycles. The summed E-state index contributed by atoms with van der Waals surface area (Å²) in [5.41, 5.74) is 6.36. The van der Waals surface area contributed by atoms with Crippen molar-refractivity contribution in [3.8, 4) is 0 Å². The quantitative estimate of drug-likeness (QED) is 0.588. The van der Waals surface area contributed by atoms with Crippen LogP contribution in [0.15, 0.2) is 6.20 Å². The Morgan fingerprint density at radius 2 is 2.22 bits per heavy atom. The predicted molar refractivity (Wildman–Crippen MR) is 39.6 cm³/mol. The normalized spacial score (nSPS) is 8.67. The van der Waals surface area contributed by atoms with Crippen molar-refractivity contribution in [2.24, 2.45) is 7.05 Å². The second-order valence-electron chi connectivity index (χ2n) is 1.85. The van der Waals surface area contributed by atoms with Crippen molar-refractivity contribution < 1.29 is 0 Å². The van der Waals surface area contributed by atoms with E-state index in [1.165, 1.54) is 0 Å². The second-order valence-corrected chi connectivity index (χ2v) is 1.85. The average molecular weight is 148 g/mol. The molecule has 2 N–H and O–H groups in total. The molecule has 52 valence electrons. The van der Waals surface area contributed by atoms with Gasteiger partial charge < -0.3 is 10.3 Å². The Kier molecular flexibility index (Phi) is 2.52. The Balaban J connectivity index is 0.000000640. The highest BCUT2D eigenvalue weighted by Crippen LogP contribution is 1.98. The molecule has 0 amide bonds. The fraction of sp³-hybridized carbons (Fsp3) is 0.400. The SMILES string of the molecule is Cc1cn(C)c(N)n1.Cl. The molecule has 1 aromatic rings. The van der Waals surface area contributed by atoms with Gasteiger partial charge in [0.2, 0.25) is 0 Å². The minimum absolute atomic E-state index is 0. The van der Waals surface area contributed by atoms with Crippen molar-refractivity contribution in [2.45, 2.75) is 6.92 Å². The molecule has 0 aliphatic rings. The van der Waals surface area contributed by atoms with Crippen molar-refractivity contribution in [1.82, 2.24) is 9.55 Å². The van der Waals surface area contributed by atoms with Crippen LogP contribution < -0.4 is 5.73 Å². The van der Waals surface area contributed by atoms with E-state index >= 15 is 0 Å². The summed E-state index contributed by atoms with van der Waals surface area (Å²) in [6, 6.07) is 0. The molecular weight excluding hydrogens is 138 g/mol. The third-order valence-corrected chi connectivity index (χ3v) is 1.03. The van der Waals surface area contributed by atoms with Gasteiger partial charge in [0.05, 0.1) is 5.69 Å². The average Bonchev–Trinajstić information content (AvgIpc) is 1.85. The summed E-state index contributed by atoms with van der Waals surface area (Å²) >= 11 is 0. The number of aryl methyl sites for hydroxylation is 2. The fourth-order valence-corrected chi connectivity index (χ4v) is 0.635. The van der Waals surface area contributed by atoms with Crippen LogP contribution in [0.4, 0.5) is 5.95 Å². The summed E-state index contributed by atoms with van der Waals surface area (Å²) in [6.07, 6.45) is 1.88. The molecular formula is C5H10ClN3. The molecule has 1 heterocycles. The summed E-state index contributed by atoms with van der Waals surface area (Å²) in [5.74, 6) is 0.572. The molecule has 4 heteroatoms. The van der Waals surface area contributed by atoms with Gasteiger partial charge in [0.1, 0.15) is 0 Å². The van der Waals surface area contributed by atoms with E-state index in [1.807, 2.05) is 20.2 Å². The first-order chi connectivity index (χ1) is 3.70. The van der Waals surface area contributed by atoms with Crippen molar-refractivity contribution in [1.29, 1.82) is 0 Å². The van der Waals surface area contributed by atoms with E-state index in [9.17, 15) is 0 Å². The highest BCUT2D eigenvalue weighted by Gasteiger charge is 1.92. The maximum atomic E-state index is 5.39. The first kappa shape index (κ1) is 8.30. The van der Waals surface area contributed by atoms with Crippen molar-refractivity contribution in [2.75, 3.05) is 5.73 Å². The van der Waals surface area contributed by atoms with E-state index in [0.29, 0.717) is 5.95 Å². The molecule has 0 saturated heterocycles. The van der Waals surface area contributed by atoms with Gasteiger partial charge in [-0.2, -0.15) is 0 Å². The van der Waals surface area contributed by atoms with Crippen LogP contribution in [-0.2, 0) is 7.05 Å². The third-order valence-electron chi connectivity index (χ3n) is 1.03. The third kappa shape index (κ3) is 1.61. The number of hydrogen-bond donors (Lipinski definition) is 1. The van der Waals surface area contributed by atoms with Crippen LogP contribution >= 0.6 is 12.4 Å². The van der Waals surface area contributed by atoms with Crippen LogP contribution in [-0.4, -0.2) is 9.55 Å². The van der Waals surface area contributed by atoms with Crippen LogP contribution in [0.5, 0.6) is 0 Å². The van der Waals surface area contributed by atoms with Gasteiger partial charge >= 0.3 is 0 Å². The van der Waals surface area contributed by atoms with E-state index in [0.717, 1.165) is 5.69 Å².